The first-order valence-corrected chi connectivity index (χ1v) is 10.9. The summed E-state index contributed by atoms with van der Waals surface area (Å²) in [6, 6.07) is 8.36. The lowest BCUT2D eigenvalue weighted by Gasteiger charge is -2.12. The first-order chi connectivity index (χ1) is 14.5. The maximum Gasteiger partial charge on any atom is 0.341 e. The smallest absolute Gasteiger partial charge is 0.341 e. The lowest BCUT2D eigenvalue weighted by molar-refractivity contribution is 0.0601. The van der Waals surface area contributed by atoms with Gasteiger partial charge in [0.15, 0.2) is 10.9 Å². The van der Waals surface area contributed by atoms with E-state index in [0.29, 0.717) is 33.6 Å². The molecule has 0 bridgehead atoms. The second kappa shape index (κ2) is 8.93. The standard InChI is InChI=1S/C21H21FN4O2S2/c1-28-20(27)18-14-7-3-5-9-16(14)30-19(18)24-21(29)23-17-10-11-26(25-17)12-13-6-2-4-8-15(13)22/h2,4,6,8,10-11H,3,5,7,9,12H2,1H3,(H2,23,24,25,29). The molecular formula is C21H21FN4O2S2. The number of rotatable bonds is 5. The van der Waals surface area contributed by atoms with Gasteiger partial charge in [0, 0.05) is 22.7 Å². The fourth-order valence-corrected chi connectivity index (χ4v) is 5.09. The number of nitrogens with one attached hydrogen (secondary N) is 2. The Morgan fingerprint density at radius 2 is 2.07 bits per heavy atom. The number of hydrogen-bond acceptors (Lipinski definition) is 5. The van der Waals surface area contributed by atoms with Crippen molar-refractivity contribution in [2.45, 2.75) is 32.2 Å². The quantitative estimate of drug-likeness (QED) is 0.443. The van der Waals surface area contributed by atoms with Gasteiger partial charge in [-0.15, -0.1) is 11.3 Å². The van der Waals surface area contributed by atoms with E-state index in [-0.39, 0.29) is 11.8 Å². The maximum atomic E-state index is 13.8. The minimum atomic E-state index is -0.353. The Labute approximate surface area is 183 Å². The van der Waals surface area contributed by atoms with Crippen molar-refractivity contribution in [1.82, 2.24) is 9.78 Å². The molecule has 156 valence electrons. The minimum Gasteiger partial charge on any atom is -0.465 e. The summed E-state index contributed by atoms with van der Waals surface area (Å²) < 4.78 is 20.5. The topological polar surface area (TPSA) is 68.2 Å². The zero-order chi connectivity index (χ0) is 21.1. The number of fused-ring (bicyclic) bond motifs is 1. The molecule has 4 rings (SSSR count). The van der Waals surface area contributed by atoms with Crippen LogP contribution in [0.2, 0.25) is 0 Å². The highest BCUT2D eigenvalue weighted by Crippen LogP contribution is 2.38. The summed E-state index contributed by atoms with van der Waals surface area (Å²) >= 11 is 6.97. The number of carbonyl (C=O) groups excluding carboxylic acids is 1. The SMILES string of the molecule is COC(=O)c1c(NC(=S)Nc2ccn(Cc3ccccc3F)n2)sc2c1CCCC2. The fraction of sp³-hybridized carbons (Fsp3) is 0.286. The molecule has 0 unspecified atom stereocenters. The lowest BCUT2D eigenvalue weighted by Crippen LogP contribution is -2.20. The molecule has 6 nitrogen and oxygen atoms in total. The van der Waals surface area contributed by atoms with Gasteiger partial charge < -0.3 is 15.4 Å². The largest absolute Gasteiger partial charge is 0.465 e. The summed E-state index contributed by atoms with van der Waals surface area (Å²) in [6.07, 6.45) is 5.77. The summed E-state index contributed by atoms with van der Waals surface area (Å²) in [7, 11) is 1.39. The Balaban J connectivity index is 1.46. The Hall–Kier alpha value is -2.78. The zero-order valence-corrected chi connectivity index (χ0v) is 18.0. The zero-order valence-electron chi connectivity index (χ0n) is 16.4. The first-order valence-electron chi connectivity index (χ1n) is 9.63. The number of carbonyl (C=O) groups is 1. The van der Waals surface area contributed by atoms with E-state index in [4.69, 9.17) is 17.0 Å². The van der Waals surface area contributed by atoms with Crippen molar-refractivity contribution in [2.24, 2.45) is 0 Å². The molecule has 1 aliphatic rings. The molecule has 0 amide bonds. The van der Waals surface area contributed by atoms with Gasteiger partial charge in [-0.1, -0.05) is 18.2 Å². The molecule has 0 fully saturated rings. The van der Waals surface area contributed by atoms with Crippen molar-refractivity contribution in [2.75, 3.05) is 17.7 Å². The number of aryl methyl sites for hydroxylation is 1. The molecule has 2 N–H and O–H groups in total. The molecule has 3 aromatic rings. The molecule has 0 aliphatic heterocycles. The number of nitrogens with zero attached hydrogens (tertiary/aromatic N) is 2. The second-order valence-electron chi connectivity index (χ2n) is 6.98. The highest BCUT2D eigenvalue weighted by atomic mass is 32.1. The van der Waals surface area contributed by atoms with E-state index in [2.05, 4.69) is 15.7 Å². The summed E-state index contributed by atoms with van der Waals surface area (Å²) in [4.78, 5) is 13.6. The summed E-state index contributed by atoms with van der Waals surface area (Å²) in [5, 5.41) is 11.6. The van der Waals surface area contributed by atoms with Gasteiger partial charge in [0.25, 0.3) is 0 Å². The molecule has 2 heterocycles. The third-order valence-corrected chi connectivity index (χ3v) is 6.37. The van der Waals surface area contributed by atoms with Gasteiger partial charge in [-0.2, -0.15) is 5.10 Å². The van der Waals surface area contributed by atoms with Crippen LogP contribution in [0.15, 0.2) is 36.5 Å². The van der Waals surface area contributed by atoms with Crippen molar-refractivity contribution in [3.8, 4) is 0 Å². The van der Waals surface area contributed by atoms with Crippen LogP contribution in [0.3, 0.4) is 0 Å². The van der Waals surface area contributed by atoms with Gasteiger partial charge in [0.2, 0.25) is 0 Å². The average Bonchev–Trinajstić information content (AvgIpc) is 3.32. The average molecular weight is 445 g/mol. The highest BCUT2D eigenvalue weighted by Gasteiger charge is 2.26. The number of hydrogen-bond donors (Lipinski definition) is 2. The molecule has 0 radical (unpaired) electrons. The Kier molecular flexibility index (Phi) is 6.10. The van der Waals surface area contributed by atoms with Crippen LogP contribution in [0.5, 0.6) is 0 Å². The van der Waals surface area contributed by atoms with Crippen LogP contribution in [0.1, 0.15) is 39.2 Å². The van der Waals surface area contributed by atoms with Gasteiger partial charge >= 0.3 is 5.97 Å². The minimum absolute atomic E-state index is 0.267. The lowest BCUT2D eigenvalue weighted by atomic mass is 9.95. The molecule has 1 aliphatic carbocycles. The summed E-state index contributed by atoms with van der Waals surface area (Å²) in [5.74, 6) is -0.0876. The van der Waals surface area contributed by atoms with Gasteiger partial charge in [0.05, 0.1) is 19.2 Å². The van der Waals surface area contributed by atoms with Crippen LogP contribution in [0.4, 0.5) is 15.2 Å². The molecule has 30 heavy (non-hydrogen) atoms. The van der Waals surface area contributed by atoms with Crippen LogP contribution < -0.4 is 10.6 Å². The van der Waals surface area contributed by atoms with Crippen LogP contribution in [-0.4, -0.2) is 28.0 Å². The van der Waals surface area contributed by atoms with Crippen molar-refractivity contribution in [1.29, 1.82) is 0 Å². The summed E-state index contributed by atoms with van der Waals surface area (Å²) in [5.41, 5.74) is 2.20. The third kappa shape index (κ3) is 4.36. The normalized spacial score (nSPS) is 12.9. The van der Waals surface area contributed by atoms with Crippen molar-refractivity contribution < 1.29 is 13.9 Å². The number of thiophene rings is 1. The van der Waals surface area contributed by atoms with E-state index < -0.39 is 0 Å². The van der Waals surface area contributed by atoms with Crippen molar-refractivity contribution in [3.05, 3.63) is 63.9 Å². The number of aromatic nitrogens is 2. The number of esters is 1. The van der Waals surface area contributed by atoms with Crippen LogP contribution in [-0.2, 0) is 24.1 Å². The third-order valence-electron chi connectivity index (χ3n) is 4.96. The Bertz CT molecular complexity index is 1090. The van der Waals surface area contributed by atoms with Crippen LogP contribution in [0, 0.1) is 5.82 Å². The van der Waals surface area contributed by atoms with E-state index in [0.717, 1.165) is 31.2 Å². The van der Waals surface area contributed by atoms with E-state index in [1.807, 2.05) is 0 Å². The van der Waals surface area contributed by atoms with Crippen LogP contribution in [0.25, 0.3) is 0 Å². The summed E-state index contributed by atoms with van der Waals surface area (Å²) in [6.45, 7) is 0.318. The van der Waals surface area contributed by atoms with Crippen molar-refractivity contribution >= 4 is 45.5 Å². The monoisotopic (exact) mass is 444 g/mol. The Morgan fingerprint density at radius 1 is 1.27 bits per heavy atom. The highest BCUT2D eigenvalue weighted by molar-refractivity contribution is 7.80. The molecule has 0 spiro atoms. The van der Waals surface area contributed by atoms with Gasteiger partial charge in [0.1, 0.15) is 10.8 Å². The Morgan fingerprint density at radius 3 is 2.87 bits per heavy atom. The molecule has 1 aromatic carbocycles. The molecule has 0 saturated heterocycles. The van der Waals surface area contributed by atoms with E-state index >= 15 is 0 Å². The molecule has 9 heteroatoms. The van der Waals surface area contributed by atoms with E-state index in [9.17, 15) is 9.18 Å². The number of benzene rings is 1. The predicted molar refractivity (Wildman–Crippen MR) is 120 cm³/mol. The fourth-order valence-electron chi connectivity index (χ4n) is 3.54. The maximum absolute atomic E-state index is 13.8. The first kappa shape index (κ1) is 20.5. The van der Waals surface area contributed by atoms with Crippen LogP contribution >= 0.6 is 23.6 Å². The molecule has 0 saturated carbocycles. The predicted octanol–water partition coefficient (Wildman–Crippen LogP) is 4.61. The van der Waals surface area contributed by atoms with E-state index in [1.165, 1.54) is 18.1 Å². The van der Waals surface area contributed by atoms with Gasteiger partial charge in [-0.3, -0.25) is 4.68 Å². The number of anilines is 2. The number of halogens is 1. The second-order valence-corrected chi connectivity index (χ2v) is 8.49. The number of thiocarbonyl (C=S) groups is 1. The number of methoxy groups -OCH3 is 1. The number of ether oxygens (including phenoxy) is 1. The van der Waals surface area contributed by atoms with Crippen molar-refractivity contribution in [3.63, 3.8) is 0 Å². The molecule has 0 atom stereocenters. The molecular weight excluding hydrogens is 423 g/mol. The van der Waals surface area contributed by atoms with Gasteiger partial charge in [-0.25, -0.2) is 9.18 Å². The molecule has 2 aromatic heterocycles. The van der Waals surface area contributed by atoms with Gasteiger partial charge in [-0.05, 0) is 49.5 Å². The van der Waals surface area contributed by atoms with E-state index in [1.54, 1.807) is 46.5 Å².